The summed E-state index contributed by atoms with van der Waals surface area (Å²) in [5, 5.41) is 3.61. The zero-order valence-electron chi connectivity index (χ0n) is 14.9. The molecule has 0 unspecified atom stereocenters. The first-order valence-electron chi connectivity index (χ1n) is 7.92. The van der Waals surface area contributed by atoms with Crippen LogP contribution in [0.5, 0.6) is 17.2 Å². The lowest BCUT2D eigenvalue weighted by Gasteiger charge is -2.15. The molecular weight excluding hydrogens is 388 g/mol. The van der Waals surface area contributed by atoms with Crippen LogP contribution in [0.4, 0.5) is 5.69 Å². The van der Waals surface area contributed by atoms with Gasteiger partial charge in [0.2, 0.25) is 5.75 Å². The molecule has 2 aromatic rings. The van der Waals surface area contributed by atoms with Gasteiger partial charge in [0.15, 0.2) is 16.6 Å². The third-order valence-corrected chi connectivity index (χ3v) is 4.61. The molecule has 0 aromatic heterocycles. The molecule has 1 heterocycles. The molecule has 1 aliphatic rings. The first-order chi connectivity index (χ1) is 13.0. The maximum atomic E-state index is 12.9. The fourth-order valence-electron chi connectivity index (χ4n) is 2.78. The van der Waals surface area contributed by atoms with Crippen molar-refractivity contribution in [3.63, 3.8) is 0 Å². The molecule has 0 spiro atoms. The Morgan fingerprint density at radius 2 is 1.74 bits per heavy atom. The smallest absolute Gasteiger partial charge is 0.281 e. The zero-order chi connectivity index (χ0) is 19.6. The van der Waals surface area contributed by atoms with Gasteiger partial charge in [-0.3, -0.25) is 9.69 Å². The van der Waals surface area contributed by atoms with Crippen molar-refractivity contribution < 1.29 is 19.0 Å². The maximum absolute atomic E-state index is 12.9. The molecule has 1 amide bonds. The van der Waals surface area contributed by atoms with E-state index in [1.807, 2.05) is 0 Å². The van der Waals surface area contributed by atoms with Crippen molar-refractivity contribution in [2.45, 2.75) is 0 Å². The highest BCUT2D eigenvalue weighted by Crippen LogP contribution is 2.41. The Hall–Kier alpha value is -2.77. The molecule has 140 valence electrons. The van der Waals surface area contributed by atoms with Crippen molar-refractivity contribution in [2.24, 2.45) is 0 Å². The van der Waals surface area contributed by atoms with E-state index in [0.29, 0.717) is 39.2 Å². The Kier molecular flexibility index (Phi) is 5.53. The minimum absolute atomic E-state index is 0.249. The molecule has 1 fully saturated rings. The number of carbonyl (C=O) groups excluding carboxylic acids is 1. The Labute approximate surface area is 167 Å². The van der Waals surface area contributed by atoms with E-state index in [9.17, 15) is 4.79 Å². The molecular formula is C19H17ClN2O4S. The Morgan fingerprint density at radius 3 is 2.37 bits per heavy atom. The molecule has 3 rings (SSSR count). The molecule has 0 aliphatic carbocycles. The Bertz CT molecular complexity index is 945. The minimum Gasteiger partial charge on any atom is -0.493 e. The number of hydrogen-bond donors (Lipinski definition) is 1. The topological polar surface area (TPSA) is 60.0 Å². The quantitative estimate of drug-likeness (QED) is 0.606. The summed E-state index contributed by atoms with van der Waals surface area (Å²) in [5.41, 5.74) is 1.45. The number of nitrogens with zero attached hydrogens (tertiary/aromatic N) is 1. The third-order valence-electron chi connectivity index (χ3n) is 4.01. The highest BCUT2D eigenvalue weighted by Gasteiger charge is 2.33. The van der Waals surface area contributed by atoms with E-state index in [1.54, 1.807) is 42.5 Å². The van der Waals surface area contributed by atoms with Crippen LogP contribution in [-0.2, 0) is 4.79 Å². The van der Waals surface area contributed by atoms with Crippen molar-refractivity contribution in [1.29, 1.82) is 0 Å². The van der Waals surface area contributed by atoms with Gasteiger partial charge in [-0.25, -0.2) is 0 Å². The molecule has 1 N–H and O–H groups in total. The van der Waals surface area contributed by atoms with Crippen LogP contribution in [0.2, 0.25) is 5.02 Å². The number of thiocarbonyl (C=S) groups is 1. The molecule has 0 saturated carbocycles. The van der Waals surface area contributed by atoms with E-state index in [1.165, 1.54) is 26.2 Å². The van der Waals surface area contributed by atoms with E-state index < -0.39 is 0 Å². The number of anilines is 1. The third kappa shape index (κ3) is 3.43. The molecule has 1 saturated heterocycles. The first-order valence-corrected chi connectivity index (χ1v) is 8.71. The lowest BCUT2D eigenvalue weighted by molar-refractivity contribution is -0.113. The van der Waals surface area contributed by atoms with Crippen LogP contribution >= 0.6 is 23.8 Å². The molecule has 2 aromatic carbocycles. The van der Waals surface area contributed by atoms with Gasteiger partial charge < -0.3 is 19.5 Å². The lowest BCUT2D eigenvalue weighted by Crippen LogP contribution is -2.30. The molecule has 0 radical (unpaired) electrons. The maximum Gasteiger partial charge on any atom is 0.281 e. The number of carbonyl (C=O) groups is 1. The van der Waals surface area contributed by atoms with Crippen LogP contribution in [0.15, 0.2) is 42.1 Å². The fourth-order valence-corrected chi connectivity index (χ4v) is 3.29. The van der Waals surface area contributed by atoms with E-state index in [-0.39, 0.29) is 11.0 Å². The van der Waals surface area contributed by atoms with E-state index in [2.05, 4.69) is 5.32 Å². The molecule has 8 heteroatoms. The largest absolute Gasteiger partial charge is 0.493 e. The van der Waals surface area contributed by atoms with Gasteiger partial charge >= 0.3 is 0 Å². The highest BCUT2D eigenvalue weighted by molar-refractivity contribution is 7.80. The SMILES string of the molecule is COc1ccc(C=C2NC(=S)N(c3ccccc3Cl)C2=O)c(OC)c1OC. The number of amides is 1. The molecule has 1 aliphatic heterocycles. The summed E-state index contributed by atoms with van der Waals surface area (Å²) in [6, 6.07) is 10.5. The minimum atomic E-state index is -0.315. The van der Waals surface area contributed by atoms with Crippen LogP contribution in [0.3, 0.4) is 0 Å². The second kappa shape index (κ2) is 7.85. The van der Waals surface area contributed by atoms with Crippen LogP contribution in [0.1, 0.15) is 5.56 Å². The summed E-state index contributed by atoms with van der Waals surface area (Å²) in [4.78, 5) is 14.3. The van der Waals surface area contributed by atoms with Crippen molar-refractivity contribution in [3.8, 4) is 17.2 Å². The zero-order valence-corrected chi connectivity index (χ0v) is 16.5. The van der Waals surface area contributed by atoms with Crippen LogP contribution in [0, 0.1) is 0 Å². The predicted molar refractivity (Wildman–Crippen MR) is 109 cm³/mol. The van der Waals surface area contributed by atoms with Gasteiger partial charge in [-0.2, -0.15) is 0 Å². The summed E-state index contributed by atoms with van der Waals surface area (Å²) in [5.74, 6) is 1.09. The van der Waals surface area contributed by atoms with E-state index in [0.717, 1.165) is 0 Å². The number of methoxy groups -OCH3 is 3. The van der Waals surface area contributed by atoms with E-state index >= 15 is 0 Å². The highest BCUT2D eigenvalue weighted by atomic mass is 35.5. The average Bonchev–Trinajstić information content (AvgIpc) is 2.95. The van der Waals surface area contributed by atoms with Gasteiger partial charge in [-0.15, -0.1) is 0 Å². The van der Waals surface area contributed by atoms with Crippen LogP contribution in [-0.4, -0.2) is 32.3 Å². The number of ether oxygens (including phenoxy) is 3. The lowest BCUT2D eigenvalue weighted by atomic mass is 10.1. The first kappa shape index (κ1) is 19.0. The van der Waals surface area contributed by atoms with Gasteiger partial charge in [-0.1, -0.05) is 23.7 Å². The summed E-state index contributed by atoms with van der Waals surface area (Å²) in [6.45, 7) is 0. The monoisotopic (exact) mass is 404 g/mol. The normalized spacial score (nSPS) is 15.1. The van der Waals surface area contributed by atoms with Gasteiger partial charge in [-0.05, 0) is 42.6 Å². The second-order valence-electron chi connectivity index (χ2n) is 5.50. The van der Waals surface area contributed by atoms with Gasteiger partial charge in [0.1, 0.15) is 5.70 Å². The summed E-state index contributed by atoms with van der Waals surface area (Å²) in [7, 11) is 4.58. The molecule has 6 nitrogen and oxygen atoms in total. The van der Waals surface area contributed by atoms with Crippen molar-refractivity contribution >= 4 is 46.6 Å². The fraction of sp³-hybridized carbons (Fsp3) is 0.158. The van der Waals surface area contributed by atoms with Crippen LogP contribution < -0.4 is 24.4 Å². The number of para-hydroxylation sites is 1. The van der Waals surface area contributed by atoms with Crippen molar-refractivity contribution in [3.05, 3.63) is 52.7 Å². The summed E-state index contributed by atoms with van der Waals surface area (Å²) >= 11 is 11.5. The second-order valence-corrected chi connectivity index (χ2v) is 6.30. The van der Waals surface area contributed by atoms with E-state index in [4.69, 9.17) is 38.0 Å². The summed E-state index contributed by atoms with van der Waals surface area (Å²) in [6.07, 6.45) is 1.65. The number of benzene rings is 2. The van der Waals surface area contributed by atoms with Gasteiger partial charge in [0.25, 0.3) is 5.91 Å². The number of halogens is 1. The predicted octanol–water partition coefficient (Wildman–Crippen LogP) is 3.63. The van der Waals surface area contributed by atoms with Crippen LogP contribution in [0.25, 0.3) is 6.08 Å². The van der Waals surface area contributed by atoms with Gasteiger partial charge in [0.05, 0.1) is 32.0 Å². The number of hydrogen-bond acceptors (Lipinski definition) is 5. The van der Waals surface area contributed by atoms with Crippen molar-refractivity contribution in [2.75, 3.05) is 26.2 Å². The molecule has 0 atom stereocenters. The number of nitrogens with one attached hydrogen (secondary N) is 1. The summed E-state index contributed by atoms with van der Waals surface area (Å²) < 4.78 is 16.1. The average molecular weight is 405 g/mol. The molecule has 0 bridgehead atoms. The molecule has 27 heavy (non-hydrogen) atoms. The van der Waals surface area contributed by atoms with Crippen molar-refractivity contribution in [1.82, 2.24) is 5.32 Å². The Balaban J connectivity index is 2.03. The van der Waals surface area contributed by atoms with Gasteiger partial charge in [0, 0.05) is 5.56 Å². The standard InChI is InChI=1S/C19H17ClN2O4S/c1-24-15-9-8-11(16(25-2)17(15)26-3)10-13-18(23)22(19(27)21-13)14-7-5-4-6-12(14)20/h4-10H,1-3H3,(H,21,27). The number of rotatable bonds is 5. The Morgan fingerprint density at radius 1 is 1.04 bits per heavy atom.